The number of carboxylic acid groups (broad SMARTS) is 1. The molecule has 2 aliphatic rings. The minimum Gasteiger partial charge on any atom is -0.482 e. The standard InChI is InChI=1S/C27H29N5O5/c1-26(2,3)37-25(35)31-14-12-27(13-15-31)16-21(20-6-4-5-7-22(20)36-27)18-8-10-19(11-9-18)24-28-30-32(29-24)17-23(33)34/h4-11,16H,12-15,17H2,1-3H3,(H,33,34). The second-order valence-electron chi connectivity index (χ2n) is 10.3. The molecule has 10 heteroatoms. The maximum atomic E-state index is 12.6. The van der Waals surface area contributed by atoms with Crippen LogP contribution in [0.15, 0.2) is 54.6 Å². The molecule has 1 spiro atoms. The van der Waals surface area contributed by atoms with Gasteiger partial charge in [-0.2, -0.15) is 4.80 Å². The highest BCUT2D eigenvalue weighted by atomic mass is 16.6. The number of aromatic nitrogens is 4. The molecule has 1 fully saturated rings. The quantitative estimate of drug-likeness (QED) is 0.567. The fraction of sp³-hybridized carbons (Fsp3) is 0.370. The number of nitrogens with zero attached hydrogens (tertiary/aromatic N) is 5. The summed E-state index contributed by atoms with van der Waals surface area (Å²) in [5.74, 6) is 0.142. The minimum atomic E-state index is -1.03. The SMILES string of the molecule is CC(C)(C)OC(=O)N1CCC2(C=C(c3ccc(-c4nnn(CC(=O)O)n4)cc3)c3ccccc3O2)CC1. The van der Waals surface area contributed by atoms with Gasteiger partial charge < -0.3 is 19.5 Å². The first-order valence-electron chi connectivity index (χ1n) is 12.2. The van der Waals surface area contributed by atoms with Crippen LogP contribution >= 0.6 is 0 Å². The van der Waals surface area contributed by atoms with Gasteiger partial charge >= 0.3 is 12.1 Å². The third-order valence-electron chi connectivity index (χ3n) is 6.34. The molecule has 1 N–H and O–H groups in total. The fourth-order valence-electron chi connectivity index (χ4n) is 4.59. The monoisotopic (exact) mass is 503 g/mol. The largest absolute Gasteiger partial charge is 0.482 e. The molecule has 0 saturated carbocycles. The lowest BCUT2D eigenvalue weighted by Gasteiger charge is -2.43. The molecule has 2 aromatic carbocycles. The zero-order chi connectivity index (χ0) is 26.2. The average Bonchev–Trinajstić information content (AvgIpc) is 3.31. The summed E-state index contributed by atoms with van der Waals surface area (Å²) in [5, 5.41) is 20.8. The van der Waals surface area contributed by atoms with Crippen molar-refractivity contribution in [2.75, 3.05) is 13.1 Å². The van der Waals surface area contributed by atoms with E-state index in [1.54, 1.807) is 4.90 Å². The van der Waals surface area contributed by atoms with E-state index in [0.717, 1.165) is 32.8 Å². The number of hydrogen-bond donors (Lipinski definition) is 1. The van der Waals surface area contributed by atoms with Crippen LogP contribution in [0, 0.1) is 0 Å². The number of hydrogen-bond acceptors (Lipinski definition) is 7. The number of tetrazole rings is 1. The lowest BCUT2D eigenvalue weighted by molar-refractivity contribution is -0.138. The molecule has 3 aromatic rings. The molecule has 1 amide bonds. The zero-order valence-corrected chi connectivity index (χ0v) is 21.0. The van der Waals surface area contributed by atoms with E-state index in [2.05, 4.69) is 21.5 Å². The number of likely N-dealkylation sites (tertiary alicyclic amines) is 1. The summed E-state index contributed by atoms with van der Waals surface area (Å²) in [6.07, 6.45) is 3.18. The van der Waals surface area contributed by atoms with Crippen LogP contribution in [0.1, 0.15) is 44.7 Å². The zero-order valence-electron chi connectivity index (χ0n) is 21.0. The normalized spacial score (nSPS) is 16.5. The van der Waals surface area contributed by atoms with Gasteiger partial charge in [-0.25, -0.2) is 4.79 Å². The van der Waals surface area contributed by atoms with E-state index in [1.807, 2.05) is 69.3 Å². The van der Waals surface area contributed by atoms with Crippen LogP contribution in [0.25, 0.3) is 17.0 Å². The summed E-state index contributed by atoms with van der Waals surface area (Å²) in [6, 6.07) is 15.7. The molecular formula is C27H29N5O5. The van der Waals surface area contributed by atoms with E-state index in [1.165, 1.54) is 0 Å². The van der Waals surface area contributed by atoms with Gasteiger partial charge in [0.2, 0.25) is 5.82 Å². The highest BCUT2D eigenvalue weighted by Crippen LogP contribution is 2.43. The van der Waals surface area contributed by atoms with Crippen LogP contribution in [-0.2, 0) is 16.1 Å². The van der Waals surface area contributed by atoms with E-state index in [-0.39, 0.29) is 12.6 Å². The Balaban J connectivity index is 1.40. The molecule has 0 radical (unpaired) electrons. The summed E-state index contributed by atoms with van der Waals surface area (Å²) in [5.41, 5.74) is 2.74. The van der Waals surface area contributed by atoms with Gasteiger partial charge in [0.25, 0.3) is 0 Å². The van der Waals surface area contributed by atoms with Crippen LogP contribution in [0.5, 0.6) is 5.75 Å². The Labute approximate surface area is 214 Å². The molecule has 37 heavy (non-hydrogen) atoms. The number of aliphatic carboxylic acids is 1. The molecule has 0 atom stereocenters. The van der Waals surface area contributed by atoms with Crippen molar-refractivity contribution in [2.45, 2.75) is 51.4 Å². The Morgan fingerprint density at radius 1 is 1.05 bits per heavy atom. The van der Waals surface area contributed by atoms with Gasteiger partial charge in [-0.3, -0.25) is 4.79 Å². The number of benzene rings is 2. The van der Waals surface area contributed by atoms with Crippen LogP contribution < -0.4 is 4.74 Å². The fourth-order valence-corrected chi connectivity index (χ4v) is 4.59. The van der Waals surface area contributed by atoms with Crippen molar-refractivity contribution in [2.24, 2.45) is 0 Å². The van der Waals surface area contributed by atoms with Crippen molar-refractivity contribution in [1.29, 1.82) is 0 Å². The minimum absolute atomic E-state index is 0.299. The molecule has 10 nitrogen and oxygen atoms in total. The van der Waals surface area contributed by atoms with Crippen molar-refractivity contribution in [3.63, 3.8) is 0 Å². The first-order chi connectivity index (χ1) is 17.6. The molecule has 192 valence electrons. The van der Waals surface area contributed by atoms with E-state index in [9.17, 15) is 9.59 Å². The first kappa shape index (κ1) is 24.5. The van der Waals surface area contributed by atoms with Crippen LogP contribution in [0.2, 0.25) is 0 Å². The van der Waals surface area contributed by atoms with E-state index < -0.39 is 17.2 Å². The molecule has 2 aliphatic heterocycles. The topological polar surface area (TPSA) is 120 Å². The number of para-hydroxylation sites is 1. The summed E-state index contributed by atoms with van der Waals surface area (Å²) in [4.78, 5) is 26.3. The third-order valence-corrected chi connectivity index (χ3v) is 6.34. The Morgan fingerprint density at radius 2 is 1.73 bits per heavy atom. The van der Waals surface area contributed by atoms with Crippen molar-refractivity contribution >= 4 is 17.6 Å². The van der Waals surface area contributed by atoms with Crippen molar-refractivity contribution in [3.05, 3.63) is 65.7 Å². The molecule has 0 unspecified atom stereocenters. The summed E-state index contributed by atoms with van der Waals surface area (Å²) in [7, 11) is 0. The van der Waals surface area contributed by atoms with Crippen LogP contribution in [0.4, 0.5) is 4.79 Å². The molecule has 1 saturated heterocycles. The van der Waals surface area contributed by atoms with Crippen LogP contribution in [-0.4, -0.2) is 66.6 Å². The summed E-state index contributed by atoms with van der Waals surface area (Å²) >= 11 is 0. The molecule has 1 aromatic heterocycles. The van der Waals surface area contributed by atoms with Gasteiger partial charge in [-0.1, -0.05) is 42.5 Å². The predicted molar refractivity (Wildman–Crippen MR) is 135 cm³/mol. The number of ether oxygens (including phenoxy) is 2. The van der Waals surface area contributed by atoms with Gasteiger partial charge in [0.1, 0.15) is 17.0 Å². The van der Waals surface area contributed by atoms with Crippen LogP contribution in [0.3, 0.4) is 0 Å². The predicted octanol–water partition coefficient (Wildman–Crippen LogP) is 4.02. The van der Waals surface area contributed by atoms with Gasteiger partial charge in [0, 0.05) is 37.1 Å². The molecule has 3 heterocycles. The Bertz CT molecular complexity index is 1350. The second-order valence-corrected chi connectivity index (χ2v) is 10.3. The number of piperidine rings is 1. The summed E-state index contributed by atoms with van der Waals surface area (Å²) in [6.45, 7) is 6.33. The van der Waals surface area contributed by atoms with Crippen molar-refractivity contribution in [1.82, 2.24) is 25.1 Å². The molecule has 0 bridgehead atoms. The van der Waals surface area contributed by atoms with Crippen molar-refractivity contribution < 1.29 is 24.2 Å². The smallest absolute Gasteiger partial charge is 0.410 e. The average molecular weight is 504 g/mol. The summed E-state index contributed by atoms with van der Waals surface area (Å²) < 4.78 is 12.1. The maximum Gasteiger partial charge on any atom is 0.410 e. The first-order valence-corrected chi connectivity index (χ1v) is 12.2. The lowest BCUT2D eigenvalue weighted by Crippen LogP contribution is -2.50. The molecule has 0 aliphatic carbocycles. The third kappa shape index (κ3) is 5.32. The van der Waals surface area contributed by atoms with E-state index in [0.29, 0.717) is 31.8 Å². The highest BCUT2D eigenvalue weighted by molar-refractivity contribution is 5.85. The number of fused-ring (bicyclic) bond motifs is 1. The Kier molecular flexibility index (Phi) is 6.18. The number of carbonyl (C=O) groups is 2. The lowest BCUT2D eigenvalue weighted by atomic mass is 9.83. The van der Waals surface area contributed by atoms with Crippen molar-refractivity contribution in [3.8, 4) is 17.1 Å². The molecule has 5 rings (SSSR count). The van der Waals surface area contributed by atoms with E-state index >= 15 is 0 Å². The number of carbonyl (C=O) groups excluding carboxylic acids is 1. The maximum absolute atomic E-state index is 12.6. The Morgan fingerprint density at radius 3 is 2.41 bits per heavy atom. The number of amides is 1. The number of rotatable bonds is 4. The van der Waals surface area contributed by atoms with Gasteiger partial charge in [-0.15, -0.1) is 10.2 Å². The van der Waals surface area contributed by atoms with Gasteiger partial charge in [-0.05, 0) is 49.3 Å². The Hall–Kier alpha value is -4.21. The highest BCUT2D eigenvalue weighted by Gasteiger charge is 2.40. The van der Waals surface area contributed by atoms with E-state index in [4.69, 9.17) is 14.6 Å². The van der Waals surface area contributed by atoms with Gasteiger partial charge in [0.15, 0.2) is 6.54 Å². The second kappa shape index (κ2) is 9.34. The molecular weight excluding hydrogens is 474 g/mol. The van der Waals surface area contributed by atoms with Gasteiger partial charge in [0.05, 0.1) is 0 Å². The number of carboxylic acids is 1.